The van der Waals surface area contributed by atoms with Crippen molar-refractivity contribution in [2.75, 3.05) is 6.79 Å². The highest BCUT2D eigenvalue weighted by molar-refractivity contribution is 7.98. The van der Waals surface area contributed by atoms with Gasteiger partial charge in [0.05, 0.1) is 10.6 Å². The molecule has 29 heavy (non-hydrogen) atoms. The SMILES string of the molecule is CCc1sc(-c2nnc(CSc3nnc(-c4ccc5c(c4)OCO5)o3)o2)cc1C. The van der Waals surface area contributed by atoms with Crippen LogP contribution in [0, 0.1) is 6.92 Å². The van der Waals surface area contributed by atoms with E-state index in [1.807, 2.05) is 18.2 Å². The number of aromatic nitrogens is 4. The molecule has 148 valence electrons. The molecule has 1 aliphatic rings. The molecule has 0 unspecified atom stereocenters. The zero-order chi connectivity index (χ0) is 19.8. The number of ether oxygens (including phenoxy) is 2. The third kappa shape index (κ3) is 3.60. The van der Waals surface area contributed by atoms with Crippen LogP contribution in [-0.4, -0.2) is 27.2 Å². The Morgan fingerprint density at radius 2 is 1.86 bits per heavy atom. The van der Waals surface area contributed by atoms with Crippen LogP contribution in [-0.2, 0) is 12.2 Å². The highest BCUT2D eigenvalue weighted by Crippen LogP contribution is 2.36. The summed E-state index contributed by atoms with van der Waals surface area (Å²) >= 11 is 3.03. The molecule has 0 amide bonds. The summed E-state index contributed by atoms with van der Waals surface area (Å²) in [5, 5.41) is 16.9. The molecule has 0 fully saturated rings. The average Bonchev–Trinajstić information content (AvgIpc) is 3.51. The predicted molar refractivity (Wildman–Crippen MR) is 107 cm³/mol. The minimum Gasteiger partial charge on any atom is -0.454 e. The lowest BCUT2D eigenvalue weighted by Gasteiger charge is -1.97. The number of hydrogen-bond acceptors (Lipinski definition) is 10. The first-order valence-corrected chi connectivity index (χ1v) is 10.8. The maximum Gasteiger partial charge on any atom is 0.277 e. The van der Waals surface area contributed by atoms with Crippen LogP contribution in [0.15, 0.2) is 38.3 Å². The van der Waals surface area contributed by atoms with E-state index in [0.717, 1.165) is 16.9 Å². The molecule has 4 aromatic rings. The first kappa shape index (κ1) is 18.2. The van der Waals surface area contributed by atoms with Crippen LogP contribution in [0.3, 0.4) is 0 Å². The summed E-state index contributed by atoms with van der Waals surface area (Å²) < 4.78 is 22.2. The van der Waals surface area contributed by atoms with E-state index in [4.69, 9.17) is 18.3 Å². The fourth-order valence-electron chi connectivity index (χ4n) is 2.93. The molecule has 0 radical (unpaired) electrons. The van der Waals surface area contributed by atoms with E-state index in [-0.39, 0.29) is 6.79 Å². The van der Waals surface area contributed by atoms with Gasteiger partial charge in [0.1, 0.15) is 0 Å². The minimum atomic E-state index is 0.223. The van der Waals surface area contributed by atoms with Crippen molar-refractivity contribution in [1.82, 2.24) is 20.4 Å². The van der Waals surface area contributed by atoms with Crippen molar-refractivity contribution < 1.29 is 18.3 Å². The molecule has 0 saturated heterocycles. The summed E-state index contributed by atoms with van der Waals surface area (Å²) in [6.45, 7) is 4.46. The van der Waals surface area contributed by atoms with E-state index in [1.165, 1.54) is 22.2 Å². The lowest BCUT2D eigenvalue weighted by Crippen LogP contribution is -1.92. The number of nitrogens with zero attached hydrogens (tertiary/aromatic N) is 4. The van der Waals surface area contributed by atoms with E-state index in [0.29, 0.717) is 40.1 Å². The van der Waals surface area contributed by atoms with Gasteiger partial charge in [0.15, 0.2) is 11.5 Å². The Balaban J connectivity index is 1.26. The second kappa shape index (κ2) is 7.53. The van der Waals surface area contributed by atoms with Gasteiger partial charge in [0, 0.05) is 10.4 Å². The molecule has 8 nitrogen and oxygen atoms in total. The number of thioether (sulfide) groups is 1. The Labute approximate surface area is 174 Å². The van der Waals surface area contributed by atoms with Gasteiger partial charge in [-0.05, 0) is 43.2 Å². The quantitative estimate of drug-likeness (QED) is 0.403. The first-order chi connectivity index (χ1) is 14.2. The van der Waals surface area contributed by atoms with Gasteiger partial charge in [-0.25, -0.2) is 0 Å². The monoisotopic (exact) mass is 428 g/mol. The summed E-state index contributed by atoms with van der Waals surface area (Å²) in [7, 11) is 0. The molecule has 1 aliphatic heterocycles. The molecular formula is C19H16N4O4S2. The Kier molecular flexibility index (Phi) is 4.72. The molecular weight excluding hydrogens is 412 g/mol. The molecule has 0 bridgehead atoms. The van der Waals surface area contributed by atoms with Crippen molar-refractivity contribution in [3.63, 3.8) is 0 Å². The first-order valence-electron chi connectivity index (χ1n) is 8.98. The van der Waals surface area contributed by atoms with Crippen molar-refractivity contribution >= 4 is 23.1 Å². The largest absolute Gasteiger partial charge is 0.454 e. The zero-order valence-corrected chi connectivity index (χ0v) is 17.3. The van der Waals surface area contributed by atoms with Crippen LogP contribution in [0.4, 0.5) is 0 Å². The number of benzene rings is 1. The fraction of sp³-hybridized carbons (Fsp3) is 0.263. The number of aryl methyl sites for hydroxylation is 2. The van der Waals surface area contributed by atoms with Crippen molar-refractivity contribution in [3.8, 4) is 33.7 Å². The lowest BCUT2D eigenvalue weighted by atomic mass is 10.2. The second-order valence-electron chi connectivity index (χ2n) is 6.30. The summed E-state index contributed by atoms with van der Waals surface area (Å²) in [5.74, 6) is 3.29. The van der Waals surface area contributed by atoms with Crippen LogP contribution in [0.1, 0.15) is 23.3 Å². The van der Waals surface area contributed by atoms with E-state index in [1.54, 1.807) is 11.3 Å². The average molecular weight is 428 g/mol. The maximum atomic E-state index is 5.79. The van der Waals surface area contributed by atoms with Crippen LogP contribution in [0.5, 0.6) is 11.5 Å². The number of thiophene rings is 1. The van der Waals surface area contributed by atoms with Gasteiger partial charge in [-0.1, -0.05) is 18.7 Å². The molecule has 10 heteroatoms. The summed E-state index contributed by atoms with van der Waals surface area (Å²) in [6.07, 6.45) is 0.996. The highest BCUT2D eigenvalue weighted by Gasteiger charge is 2.18. The summed E-state index contributed by atoms with van der Waals surface area (Å²) in [6, 6.07) is 7.59. The highest BCUT2D eigenvalue weighted by atomic mass is 32.2. The topological polar surface area (TPSA) is 96.3 Å². The van der Waals surface area contributed by atoms with Crippen molar-refractivity contribution in [3.05, 3.63) is 40.6 Å². The molecule has 0 saturated carbocycles. The van der Waals surface area contributed by atoms with Crippen LogP contribution in [0.2, 0.25) is 0 Å². The molecule has 3 aromatic heterocycles. The zero-order valence-electron chi connectivity index (χ0n) is 15.7. The van der Waals surface area contributed by atoms with Crippen LogP contribution in [0.25, 0.3) is 22.2 Å². The fourth-order valence-corrected chi connectivity index (χ4v) is 4.56. The van der Waals surface area contributed by atoms with Crippen molar-refractivity contribution in [2.24, 2.45) is 0 Å². The van der Waals surface area contributed by atoms with Gasteiger partial charge in [0.2, 0.25) is 18.6 Å². The standard InChI is InChI=1S/C19H16N4O4S2/c1-3-14-10(2)6-15(29-14)18-22-20-16(26-18)8-28-19-23-21-17(27-19)11-4-5-12-13(7-11)25-9-24-12/h4-7H,3,8-9H2,1-2H3. The molecule has 5 rings (SSSR count). The van der Waals surface area contributed by atoms with E-state index < -0.39 is 0 Å². The minimum absolute atomic E-state index is 0.223. The smallest absolute Gasteiger partial charge is 0.277 e. The molecule has 0 atom stereocenters. The Morgan fingerprint density at radius 3 is 2.72 bits per heavy atom. The predicted octanol–water partition coefficient (Wildman–Crippen LogP) is 4.74. The van der Waals surface area contributed by atoms with Crippen LogP contribution < -0.4 is 9.47 Å². The Bertz CT molecular complexity index is 1170. The summed E-state index contributed by atoms with van der Waals surface area (Å²) in [5.41, 5.74) is 2.03. The van der Waals surface area contributed by atoms with Gasteiger partial charge in [-0.3, -0.25) is 0 Å². The maximum absolute atomic E-state index is 5.79. The number of rotatable bonds is 6. The van der Waals surface area contributed by atoms with Gasteiger partial charge < -0.3 is 18.3 Å². The molecule has 1 aromatic carbocycles. The van der Waals surface area contributed by atoms with Gasteiger partial charge >= 0.3 is 0 Å². The molecule has 0 spiro atoms. The third-order valence-corrected chi connectivity index (χ3v) is 6.54. The van der Waals surface area contributed by atoms with Gasteiger partial charge in [-0.2, -0.15) is 0 Å². The lowest BCUT2D eigenvalue weighted by molar-refractivity contribution is 0.174. The molecule has 0 aliphatic carbocycles. The summed E-state index contributed by atoms with van der Waals surface area (Å²) in [4.78, 5) is 2.32. The normalized spacial score (nSPS) is 12.6. The number of hydrogen-bond donors (Lipinski definition) is 0. The Morgan fingerprint density at radius 1 is 1.00 bits per heavy atom. The molecule has 4 heterocycles. The number of fused-ring (bicyclic) bond motifs is 1. The van der Waals surface area contributed by atoms with Crippen molar-refractivity contribution in [1.29, 1.82) is 0 Å². The van der Waals surface area contributed by atoms with Gasteiger partial charge in [0.25, 0.3) is 11.1 Å². The van der Waals surface area contributed by atoms with E-state index in [2.05, 4.69) is 40.3 Å². The van der Waals surface area contributed by atoms with Crippen LogP contribution >= 0.6 is 23.1 Å². The molecule has 0 N–H and O–H groups in total. The Hall–Kier alpha value is -2.85. The third-order valence-electron chi connectivity index (χ3n) is 4.36. The van der Waals surface area contributed by atoms with E-state index >= 15 is 0 Å². The van der Waals surface area contributed by atoms with E-state index in [9.17, 15) is 0 Å². The van der Waals surface area contributed by atoms with Crippen molar-refractivity contribution in [2.45, 2.75) is 31.2 Å². The van der Waals surface area contributed by atoms with Gasteiger partial charge in [-0.15, -0.1) is 31.7 Å². The second-order valence-corrected chi connectivity index (χ2v) is 8.36.